The molecule has 0 saturated carbocycles. The van der Waals surface area contributed by atoms with Crippen LogP contribution in [0.1, 0.15) is 40.5 Å². The molecule has 1 aromatic rings. The molecule has 0 bridgehead atoms. The Morgan fingerprint density at radius 3 is 2.82 bits per heavy atom. The molecule has 2 rings (SSSR count). The predicted molar refractivity (Wildman–Crippen MR) is 93.4 cm³/mol. The smallest absolute Gasteiger partial charge is 0.245 e. The van der Waals surface area contributed by atoms with Gasteiger partial charge in [-0.25, -0.2) is 0 Å². The highest BCUT2D eigenvalue weighted by Crippen LogP contribution is 2.24. The minimum atomic E-state index is -0.0914. The lowest BCUT2D eigenvalue weighted by Gasteiger charge is -2.33. The average Bonchev–Trinajstić information content (AvgIpc) is 2.84. The molecule has 1 N–H and O–H groups in total. The number of nitrogens with one attached hydrogen (secondary N) is 1. The van der Waals surface area contributed by atoms with Gasteiger partial charge in [0, 0.05) is 42.4 Å². The van der Waals surface area contributed by atoms with Gasteiger partial charge in [0.15, 0.2) is 5.82 Å². The average molecular weight is 324 g/mol. The summed E-state index contributed by atoms with van der Waals surface area (Å²) in [5.41, 5.74) is 0. The zero-order valence-corrected chi connectivity index (χ0v) is 15.1. The molecule has 6 heteroatoms. The number of anilines is 1. The maximum absolute atomic E-state index is 12.7. The van der Waals surface area contributed by atoms with E-state index in [1.165, 1.54) is 0 Å². The molecule has 1 saturated heterocycles. The fourth-order valence-corrected chi connectivity index (χ4v) is 3.42. The summed E-state index contributed by atoms with van der Waals surface area (Å²) in [6, 6.07) is 2.13. The third kappa shape index (κ3) is 4.74. The van der Waals surface area contributed by atoms with Gasteiger partial charge in [-0.05, 0) is 19.8 Å². The van der Waals surface area contributed by atoms with E-state index >= 15 is 0 Å². The van der Waals surface area contributed by atoms with Crippen molar-refractivity contribution in [2.24, 2.45) is 7.05 Å². The minimum absolute atomic E-state index is 0.0914. The van der Waals surface area contributed by atoms with Gasteiger partial charge in [-0.2, -0.15) is 16.9 Å². The fourth-order valence-electron chi connectivity index (χ4n) is 2.57. The van der Waals surface area contributed by atoms with E-state index in [1.54, 1.807) is 4.68 Å². The first-order valence-electron chi connectivity index (χ1n) is 7.97. The highest BCUT2D eigenvalue weighted by Gasteiger charge is 2.31. The number of aromatic nitrogens is 2. The Morgan fingerprint density at radius 1 is 1.50 bits per heavy atom. The normalized spacial score (nSPS) is 21.2. The van der Waals surface area contributed by atoms with Crippen LogP contribution in [0, 0.1) is 0 Å². The third-order valence-corrected chi connectivity index (χ3v) is 5.20. The maximum Gasteiger partial charge on any atom is 0.245 e. The van der Waals surface area contributed by atoms with Crippen LogP contribution in [0.15, 0.2) is 12.3 Å². The first kappa shape index (κ1) is 17.3. The number of thioether (sulfide) groups is 1. The van der Waals surface area contributed by atoms with E-state index in [0.29, 0.717) is 6.04 Å². The van der Waals surface area contributed by atoms with E-state index in [0.717, 1.165) is 31.0 Å². The van der Waals surface area contributed by atoms with Crippen molar-refractivity contribution in [2.45, 2.75) is 57.4 Å². The van der Waals surface area contributed by atoms with E-state index < -0.39 is 0 Å². The minimum Gasteiger partial charge on any atom is -0.303 e. The molecule has 5 nitrogen and oxygen atoms in total. The number of nitrogens with zero attached hydrogens (tertiary/aromatic N) is 3. The highest BCUT2D eigenvalue weighted by atomic mass is 32.2. The molecule has 0 radical (unpaired) electrons. The van der Waals surface area contributed by atoms with Crippen molar-refractivity contribution in [2.75, 3.05) is 17.2 Å². The second kappa shape index (κ2) is 7.04. The zero-order chi connectivity index (χ0) is 16.3. The van der Waals surface area contributed by atoms with Crippen LogP contribution < -0.4 is 10.2 Å². The molecule has 0 aromatic carbocycles. The summed E-state index contributed by atoms with van der Waals surface area (Å²) in [5.74, 6) is 1.92. The summed E-state index contributed by atoms with van der Waals surface area (Å²) in [6.45, 7) is 9.59. The fraction of sp³-hybridized carbons (Fsp3) is 0.750. The van der Waals surface area contributed by atoms with Crippen LogP contribution >= 0.6 is 11.8 Å². The van der Waals surface area contributed by atoms with Crippen LogP contribution in [-0.2, 0) is 11.8 Å². The van der Waals surface area contributed by atoms with Crippen molar-refractivity contribution in [3.8, 4) is 0 Å². The molecule has 0 aliphatic carbocycles. The van der Waals surface area contributed by atoms with E-state index in [4.69, 9.17) is 0 Å². The maximum atomic E-state index is 12.7. The van der Waals surface area contributed by atoms with E-state index in [2.05, 4.69) is 38.1 Å². The SMILES string of the molecule is C[C@@H](CSC(C)(C)C)N[C@@H]1CCCN(c2ccn(C)n2)C1=O. The second-order valence-electron chi connectivity index (χ2n) is 7.02. The summed E-state index contributed by atoms with van der Waals surface area (Å²) in [4.78, 5) is 14.5. The van der Waals surface area contributed by atoms with Crippen LogP contribution in [0.2, 0.25) is 0 Å². The van der Waals surface area contributed by atoms with Crippen molar-refractivity contribution in [1.82, 2.24) is 15.1 Å². The van der Waals surface area contributed by atoms with Gasteiger partial charge >= 0.3 is 0 Å². The number of carbonyl (C=O) groups excluding carboxylic acids is 1. The molecular formula is C16H28N4OS. The monoisotopic (exact) mass is 324 g/mol. The lowest BCUT2D eigenvalue weighted by Crippen LogP contribution is -2.53. The molecule has 2 atom stereocenters. The van der Waals surface area contributed by atoms with Gasteiger partial charge < -0.3 is 5.32 Å². The number of aryl methyl sites for hydroxylation is 1. The Balaban J connectivity index is 1.92. The molecule has 1 aromatic heterocycles. The van der Waals surface area contributed by atoms with Gasteiger partial charge in [-0.15, -0.1) is 0 Å². The summed E-state index contributed by atoms with van der Waals surface area (Å²) >= 11 is 1.93. The Labute approximate surface area is 137 Å². The lowest BCUT2D eigenvalue weighted by atomic mass is 10.0. The van der Waals surface area contributed by atoms with Gasteiger partial charge in [-0.3, -0.25) is 14.4 Å². The summed E-state index contributed by atoms with van der Waals surface area (Å²) in [6.07, 6.45) is 3.80. The Hall–Kier alpha value is -1.01. The van der Waals surface area contributed by atoms with Crippen molar-refractivity contribution in [1.29, 1.82) is 0 Å². The molecule has 2 heterocycles. The number of carbonyl (C=O) groups is 1. The summed E-state index contributed by atoms with van der Waals surface area (Å²) < 4.78 is 1.99. The topological polar surface area (TPSA) is 50.2 Å². The quantitative estimate of drug-likeness (QED) is 0.904. The highest BCUT2D eigenvalue weighted by molar-refractivity contribution is 8.00. The van der Waals surface area contributed by atoms with Crippen molar-refractivity contribution in [3.05, 3.63) is 12.3 Å². The molecule has 1 aliphatic heterocycles. The number of amides is 1. The Bertz CT molecular complexity index is 508. The number of hydrogen-bond donors (Lipinski definition) is 1. The molecule has 0 unspecified atom stereocenters. The molecule has 22 heavy (non-hydrogen) atoms. The van der Waals surface area contributed by atoms with Gasteiger partial charge in [-0.1, -0.05) is 20.8 Å². The van der Waals surface area contributed by atoms with Gasteiger partial charge in [0.2, 0.25) is 5.91 Å². The van der Waals surface area contributed by atoms with E-state index in [9.17, 15) is 4.79 Å². The number of rotatable bonds is 5. The summed E-state index contributed by atoms with van der Waals surface area (Å²) in [5, 5.41) is 7.86. The predicted octanol–water partition coefficient (Wildman–Crippen LogP) is 2.43. The molecule has 124 valence electrons. The van der Waals surface area contributed by atoms with Gasteiger partial charge in [0.1, 0.15) is 0 Å². The molecular weight excluding hydrogens is 296 g/mol. The first-order chi connectivity index (χ1) is 10.3. The molecule has 1 fully saturated rings. The van der Waals surface area contributed by atoms with Crippen LogP contribution in [0.4, 0.5) is 5.82 Å². The number of hydrogen-bond acceptors (Lipinski definition) is 4. The first-order valence-corrected chi connectivity index (χ1v) is 8.96. The van der Waals surface area contributed by atoms with E-state index in [1.807, 2.05) is 36.0 Å². The largest absolute Gasteiger partial charge is 0.303 e. The van der Waals surface area contributed by atoms with Crippen LogP contribution in [0.5, 0.6) is 0 Å². The zero-order valence-electron chi connectivity index (χ0n) is 14.3. The summed E-state index contributed by atoms with van der Waals surface area (Å²) in [7, 11) is 1.87. The molecule has 1 amide bonds. The van der Waals surface area contributed by atoms with Crippen molar-refractivity contribution in [3.63, 3.8) is 0 Å². The van der Waals surface area contributed by atoms with Crippen molar-refractivity contribution < 1.29 is 4.79 Å². The van der Waals surface area contributed by atoms with Crippen LogP contribution in [0.25, 0.3) is 0 Å². The second-order valence-corrected chi connectivity index (χ2v) is 8.87. The van der Waals surface area contributed by atoms with E-state index in [-0.39, 0.29) is 16.7 Å². The number of piperidine rings is 1. The van der Waals surface area contributed by atoms with Gasteiger partial charge in [0.25, 0.3) is 0 Å². The molecule has 1 aliphatic rings. The Kier molecular flexibility index (Phi) is 5.55. The van der Waals surface area contributed by atoms with Gasteiger partial charge in [0.05, 0.1) is 6.04 Å². The van der Waals surface area contributed by atoms with Crippen LogP contribution in [0.3, 0.4) is 0 Å². The molecule has 0 spiro atoms. The van der Waals surface area contributed by atoms with Crippen molar-refractivity contribution >= 4 is 23.5 Å². The standard InChI is InChI=1S/C16H28N4OS/c1-12(11-22-16(2,3)4)17-13-7-6-9-20(15(13)21)14-8-10-19(5)18-14/h8,10,12-13,17H,6-7,9,11H2,1-5H3/t12-,13+/m0/s1. The lowest BCUT2D eigenvalue weighted by molar-refractivity contribution is -0.122. The Morgan fingerprint density at radius 2 is 2.23 bits per heavy atom. The third-order valence-electron chi connectivity index (χ3n) is 3.67. The van der Waals surface area contributed by atoms with Crippen LogP contribution in [-0.4, -0.2) is 44.8 Å².